The molecular weight excluding hydrogens is 170 g/mol. The van der Waals surface area contributed by atoms with Crippen LogP contribution in [0.4, 0.5) is 5.82 Å². The number of aromatic nitrogens is 2. The van der Waals surface area contributed by atoms with Gasteiger partial charge in [-0.25, -0.2) is 0 Å². The van der Waals surface area contributed by atoms with Gasteiger partial charge in [-0.15, -0.1) is 0 Å². The molecule has 0 amide bonds. The molecule has 3 rings (SSSR count). The smallest absolute Gasteiger partial charge is 0.301 e. The van der Waals surface area contributed by atoms with Crippen molar-refractivity contribution >= 4 is 5.82 Å². The van der Waals surface area contributed by atoms with E-state index in [1.54, 1.807) is 0 Å². The third-order valence-corrected chi connectivity index (χ3v) is 2.46. The Hall–Kier alpha value is -1.52. The maximum absolute atomic E-state index is 11.4. The zero-order chi connectivity index (χ0) is 8.84. The molecule has 0 aliphatic carbocycles. The number of anilines is 1. The fourth-order valence-corrected chi connectivity index (χ4v) is 1.85. The van der Waals surface area contributed by atoms with Crippen molar-refractivity contribution < 1.29 is 4.74 Å². The monoisotopic (exact) mass is 179 g/mol. The van der Waals surface area contributed by atoms with E-state index in [1.807, 2.05) is 4.57 Å². The van der Waals surface area contributed by atoms with E-state index in [1.165, 1.54) is 0 Å². The lowest BCUT2D eigenvalue weighted by atomic mass is 10.3. The normalized spacial score (nSPS) is 17.5. The van der Waals surface area contributed by atoms with E-state index in [0.29, 0.717) is 12.6 Å². The van der Waals surface area contributed by atoms with Crippen molar-refractivity contribution in [3.8, 4) is 6.01 Å². The van der Waals surface area contributed by atoms with Crippen molar-refractivity contribution in [1.82, 2.24) is 9.55 Å². The molecule has 0 radical (unpaired) electrons. The Kier molecular flexibility index (Phi) is 1.20. The predicted molar refractivity (Wildman–Crippen MR) is 46.2 cm³/mol. The molecule has 0 unspecified atom stereocenters. The van der Waals surface area contributed by atoms with Gasteiger partial charge in [-0.3, -0.25) is 9.36 Å². The second-order valence-corrected chi connectivity index (χ2v) is 3.20. The Morgan fingerprint density at radius 3 is 3.38 bits per heavy atom. The molecule has 1 aromatic heterocycles. The number of hydrogen-bond acceptors (Lipinski definition) is 4. The summed E-state index contributed by atoms with van der Waals surface area (Å²) in [5.74, 6) is 0.910. The molecule has 2 aliphatic heterocycles. The number of rotatable bonds is 0. The summed E-state index contributed by atoms with van der Waals surface area (Å²) in [4.78, 5) is 15.3. The summed E-state index contributed by atoms with van der Waals surface area (Å²) in [7, 11) is 0. The van der Waals surface area contributed by atoms with Crippen molar-refractivity contribution in [2.24, 2.45) is 0 Å². The molecular formula is C8H9N3O2. The first-order valence-corrected chi connectivity index (χ1v) is 4.36. The largest absolute Gasteiger partial charge is 0.463 e. The van der Waals surface area contributed by atoms with E-state index in [0.717, 1.165) is 30.9 Å². The van der Waals surface area contributed by atoms with Gasteiger partial charge in [-0.1, -0.05) is 0 Å². The molecule has 0 aromatic carbocycles. The number of ether oxygens (including phenoxy) is 1. The quantitative estimate of drug-likeness (QED) is 0.589. The van der Waals surface area contributed by atoms with E-state index >= 15 is 0 Å². The van der Waals surface area contributed by atoms with Gasteiger partial charge in [0.15, 0.2) is 0 Å². The number of nitrogens with one attached hydrogen (secondary N) is 1. The van der Waals surface area contributed by atoms with Gasteiger partial charge >= 0.3 is 6.01 Å². The molecule has 5 nitrogen and oxygen atoms in total. The second kappa shape index (κ2) is 2.25. The van der Waals surface area contributed by atoms with Crippen LogP contribution in [-0.2, 0) is 13.0 Å². The highest BCUT2D eigenvalue weighted by Gasteiger charge is 2.24. The van der Waals surface area contributed by atoms with Crippen LogP contribution in [0.3, 0.4) is 0 Å². The van der Waals surface area contributed by atoms with Crippen molar-refractivity contribution in [1.29, 1.82) is 0 Å². The van der Waals surface area contributed by atoms with E-state index in [-0.39, 0.29) is 5.56 Å². The summed E-state index contributed by atoms with van der Waals surface area (Å²) in [5.41, 5.74) is 0.655. The average molecular weight is 179 g/mol. The van der Waals surface area contributed by atoms with Crippen molar-refractivity contribution in [2.75, 3.05) is 18.5 Å². The zero-order valence-electron chi connectivity index (χ0n) is 7.04. The predicted octanol–water partition coefficient (Wildman–Crippen LogP) is -0.396. The Balaban J connectivity index is 2.34. The Labute approximate surface area is 74.4 Å². The van der Waals surface area contributed by atoms with Crippen LogP contribution in [0.25, 0.3) is 0 Å². The minimum Gasteiger partial charge on any atom is -0.463 e. The van der Waals surface area contributed by atoms with E-state index in [2.05, 4.69) is 10.3 Å². The van der Waals surface area contributed by atoms with E-state index in [4.69, 9.17) is 4.74 Å². The molecule has 0 saturated carbocycles. The summed E-state index contributed by atoms with van der Waals surface area (Å²) in [6, 6.07) is 0.457. The Morgan fingerprint density at radius 1 is 1.54 bits per heavy atom. The molecule has 68 valence electrons. The van der Waals surface area contributed by atoms with Crippen LogP contribution < -0.4 is 15.6 Å². The first-order chi connectivity index (χ1) is 6.36. The van der Waals surface area contributed by atoms with Crippen LogP contribution in [0.2, 0.25) is 0 Å². The van der Waals surface area contributed by atoms with Gasteiger partial charge < -0.3 is 10.1 Å². The lowest BCUT2D eigenvalue weighted by Crippen LogP contribution is -2.15. The topological polar surface area (TPSA) is 56.2 Å². The zero-order valence-corrected chi connectivity index (χ0v) is 7.04. The van der Waals surface area contributed by atoms with Gasteiger partial charge in [-0.2, -0.15) is 4.98 Å². The van der Waals surface area contributed by atoms with Crippen LogP contribution in [0, 0.1) is 0 Å². The molecule has 1 aromatic rings. The molecule has 0 fully saturated rings. The molecule has 1 N–H and O–H groups in total. The lowest BCUT2D eigenvalue weighted by Gasteiger charge is -2.06. The van der Waals surface area contributed by atoms with Gasteiger partial charge in [0.05, 0.1) is 12.1 Å². The highest BCUT2D eigenvalue weighted by molar-refractivity contribution is 5.50. The highest BCUT2D eigenvalue weighted by atomic mass is 16.5. The van der Waals surface area contributed by atoms with Crippen LogP contribution in [0.15, 0.2) is 4.79 Å². The maximum atomic E-state index is 11.4. The summed E-state index contributed by atoms with van der Waals surface area (Å²) >= 11 is 0. The van der Waals surface area contributed by atoms with Crippen molar-refractivity contribution in [3.63, 3.8) is 0 Å². The minimum atomic E-state index is -0.145. The Morgan fingerprint density at radius 2 is 2.46 bits per heavy atom. The summed E-state index contributed by atoms with van der Waals surface area (Å²) < 4.78 is 7.15. The van der Waals surface area contributed by atoms with Crippen molar-refractivity contribution in [2.45, 2.75) is 13.0 Å². The fraction of sp³-hybridized carbons (Fsp3) is 0.500. The van der Waals surface area contributed by atoms with Crippen LogP contribution in [-0.4, -0.2) is 22.7 Å². The summed E-state index contributed by atoms with van der Waals surface area (Å²) in [5, 5.41) is 3.18. The third kappa shape index (κ3) is 0.811. The minimum absolute atomic E-state index is 0.145. The highest BCUT2D eigenvalue weighted by Crippen LogP contribution is 2.25. The standard InChI is InChI=1S/C8H9N3O2/c12-7-5-1-2-9-6(5)11-3-4-13-8(11)10-7/h9H,1-4H2. The second-order valence-electron chi connectivity index (χ2n) is 3.20. The van der Waals surface area contributed by atoms with Gasteiger partial charge in [0, 0.05) is 6.54 Å². The number of nitrogens with zero attached hydrogens (tertiary/aromatic N) is 2. The molecule has 13 heavy (non-hydrogen) atoms. The molecule has 2 aliphatic rings. The molecule has 0 saturated heterocycles. The summed E-state index contributed by atoms with van der Waals surface area (Å²) in [6.45, 7) is 2.23. The first kappa shape index (κ1) is 6.94. The lowest BCUT2D eigenvalue weighted by molar-refractivity contribution is 0.343. The maximum Gasteiger partial charge on any atom is 0.301 e. The number of fused-ring (bicyclic) bond motifs is 3. The van der Waals surface area contributed by atoms with Crippen LogP contribution in [0.1, 0.15) is 5.56 Å². The van der Waals surface area contributed by atoms with Gasteiger partial charge in [-0.05, 0) is 6.42 Å². The van der Waals surface area contributed by atoms with Gasteiger partial charge in [0.2, 0.25) is 0 Å². The molecule has 0 bridgehead atoms. The Bertz CT molecular complexity index is 424. The molecule has 3 heterocycles. The van der Waals surface area contributed by atoms with Crippen LogP contribution in [0.5, 0.6) is 6.01 Å². The molecule has 0 atom stereocenters. The molecule has 5 heteroatoms. The SMILES string of the molecule is O=c1nc2n(c3c1CCN3)CCO2. The van der Waals surface area contributed by atoms with Gasteiger partial charge in [0.1, 0.15) is 12.4 Å². The number of hydrogen-bond donors (Lipinski definition) is 1. The fourth-order valence-electron chi connectivity index (χ4n) is 1.85. The van der Waals surface area contributed by atoms with Gasteiger partial charge in [0.25, 0.3) is 5.56 Å². The van der Waals surface area contributed by atoms with E-state index in [9.17, 15) is 4.79 Å². The third-order valence-electron chi connectivity index (χ3n) is 2.46. The van der Waals surface area contributed by atoms with Crippen LogP contribution >= 0.6 is 0 Å². The van der Waals surface area contributed by atoms with E-state index < -0.39 is 0 Å². The first-order valence-electron chi connectivity index (χ1n) is 4.36. The average Bonchev–Trinajstić information content (AvgIpc) is 2.66. The van der Waals surface area contributed by atoms with Crippen molar-refractivity contribution in [3.05, 3.63) is 15.9 Å². The summed E-state index contributed by atoms with van der Waals surface area (Å²) in [6.07, 6.45) is 0.779. The molecule has 0 spiro atoms.